The zero-order valence-corrected chi connectivity index (χ0v) is 12.7. The van der Waals surface area contributed by atoms with Crippen molar-refractivity contribution in [3.8, 4) is 11.5 Å². The molecule has 0 radical (unpaired) electrons. The van der Waals surface area contributed by atoms with Gasteiger partial charge in [0.15, 0.2) is 0 Å². The molecule has 0 saturated heterocycles. The molecule has 2 aromatic carbocycles. The van der Waals surface area contributed by atoms with Gasteiger partial charge in [0.25, 0.3) is 0 Å². The van der Waals surface area contributed by atoms with Crippen molar-refractivity contribution in [1.82, 2.24) is 5.32 Å². The molecule has 3 nitrogen and oxygen atoms in total. The summed E-state index contributed by atoms with van der Waals surface area (Å²) < 4.78 is 5.95. The van der Waals surface area contributed by atoms with Crippen molar-refractivity contribution >= 4 is 0 Å². The first-order chi connectivity index (χ1) is 10.2. The van der Waals surface area contributed by atoms with Crippen LogP contribution in [0.2, 0.25) is 0 Å². The highest BCUT2D eigenvalue weighted by Crippen LogP contribution is 2.26. The molecule has 0 aliphatic rings. The largest absolute Gasteiger partial charge is 0.457 e. The quantitative estimate of drug-likeness (QED) is 0.761. The number of rotatable bonds is 7. The van der Waals surface area contributed by atoms with Gasteiger partial charge in [0.1, 0.15) is 11.5 Å². The lowest BCUT2D eigenvalue weighted by molar-refractivity contribution is 0.281. The minimum Gasteiger partial charge on any atom is -0.457 e. The maximum absolute atomic E-state index is 9.05. The number of ether oxygens (including phenoxy) is 1. The lowest BCUT2D eigenvalue weighted by Gasteiger charge is -2.11. The van der Waals surface area contributed by atoms with Crippen LogP contribution in [0.15, 0.2) is 42.5 Å². The van der Waals surface area contributed by atoms with Crippen LogP contribution in [0.25, 0.3) is 0 Å². The van der Waals surface area contributed by atoms with E-state index in [0.717, 1.165) is 42.1 Å². The van der Waals surface area contributed by atoms with Crippen LogP contribution >= 0.6 is 0 Å². The summed E-state index contributed by atoms with van der Waals surface area (Å²) in [5.41, 5.74) is 3.22. The number of hydrogen-bond acceptors (Lipinski definition) is 3. The van der Waals surface area contributed by atoms with Gasteiger partial charge in [-0.3, -0.25) is 0 Å². The Balaban J connectivity index is 2.08. The average molecular weight is 285 g/mol. The lowest BCUT2D eigenvalue weighted by Crippen LogP contribution is -2.13. The molecule has 2 aromatic rings. The van der Waals surface area contributed by atoms with Crippen molar-refractivity contribution in [3.05, 3.63) is 59.2 Å². The molecule has 2 N–H and O–H groups in total. The molecule has 0 spiro atoms. The summed E-state index contributed by atoms with van der Waals surface area (Å²) in [4.78, 5) is 0. The minimum atomic E-state index is 0.0535. The van der Waals surface area contributed by atoms with Gasteiger partial charge in [-0.15, -0.1) is 0 Å². The van der Waals surface area contributed by atoms with Crippen LogP contribution in [0.3, 0.4) is 0 Å². The van der Waals surface area contributed by atoms with Gasteiger partial charge in [0.2, 0.25) is 0 Å². The Morgan fingerprint density at radius 1 is 1.05 bits per heavy atom. The maximum Gasteiger partial charge on any atom is 0.130 e. The number of hydrogen-bond donors (Lipinski definition) is 2. The van der Waals surface area contributed by atoms with Gasteiger partial charge < -0.3 is 15.2 Å². The van der Waals surface area contributed by atoms with Gasteiger partial charge in [0, 0.05) is 6.54 Å². The molecule has 0 atom stereocenters. The molecule has 0 aliphatic heterocycles. The van der Waals surface area contributed by atoms with E-state index < -0.39 is 0 Å². The summed E-state index contributed by atoms with van der Waals surface area (Å²) >= 11 is 0. The molecule has 3 heteroatoms. The molecule has 0 aliphatic carbocycles. The van der Waals surface area contributed by atoms with Gasteiger partial charge in [-0.05, 0) is 54.8 Å². The molecule has 2 rings (SSSR count). The van der Waals surface area contributed by atoms with E-state index in [1.807, 2.05) is 31.2 Å². The highest BCUT2D eigenvalue weighted by molar-refractivity contribution is 5.40. The molecule has 0 aromatic heterocycles. The summed E-state index contributed by atoms with van der Waals surface area (Å²) in [6, 6.07) is 13.8. The number of nitrogens with one attached hydrogen (secondary N) is 1. The number of benzene rings is 2. The molecule has 21 heavy (non-hydrogen) atoms. The maximum atomic E-state index is 9.05. The molecule has 0 unspecified atom stereocenters. The van der Waals surface area contributed by atoms with Gasteiger partial charge in [0.05, 0.1) is 6.61 Å². The Hall–Kier alpha value is -1.84. The Kier molecular flexibility index (Phi) is 5.78. The van der Waals surface area contributed by atoms with E-state index in [-0.39, 0.29) is 6.61 Å². The molecule has 0 amide bonds. The normalized spacial score (nSPS) is 10.6. The predicted octanol–water partition coefficient (Wildman–Crippen LogP) is 3.78. The van der Waals surface area contributed by atoms with E-state index in [4.69, 9.17) is 9.84 Å². The van der Waals surface area contributed by atoms with Crippen molar-refractivity contribution in [2.24, 2.45) is 0 Å². The predicted molar refractivity (Wildman–Crippen MR) is 85.6 cm³/mol. The van der Waals surface area contributed by atoms with Crippen molar-refractivity contribution in [3.63, 3.8) is 0 Å². The molecular weight excluding hydrogens is 262 g/mol. The summed E-state index contributed by atoms with van der Waals surface area (Å²) in [6.07, 6.45) is 1.13. The summed E-state index contributed by atoms with van der Waals surface area (Å²) in [5, 5.41) is 12.4. The fraction of sp³-hybridized carbons (Fsp3) is 0.333. The number of aliphatic hydroxyl groups excluding tert-OH is 1. The molecule has 0 heterocycles. The SMILES string of the molecule is CCCNCc1ccc(C)c(Oc2ccc(CO)cc2)c1. The highest BCUT2D eigenvalue weighted by Gasteiger charge is 2.04. The molecular formula is C18H23NO2. The van der Waals surface area contributed by atoms with E-state index in [9.17, 15) is 0 Å². The van der Waals surface area contributed by atoms with E-state index in [2.05, 4.69) is 30.4 Å². The average Bonchev–Trinajstić information content (AvgIpc) is 2.51. The van der Waals surface area contributed by atoms with Crippen LogP contribution in [-0.4, -0.2) is 11.7 Å². The van der Waals surface area contributed by atoms with Gasteiger partial charge in [-0.25, -0.2) is 0 Å². The van der Waals surface area contributed by atoms with Gasteiger partial charge in [-0.2, -0.15) is 0 Å². The zero-order valence-electron chi connectivity index (χ0n) is 12.7. The third kappa shape index (κ3) is 4.59. The van der Waals surface area contributed by atoms with Crippen LogP contribution in [0, 0.1) is 6.92 Å². The second-order valence-electron chi connectivity index (χ2n) is 5.18. The van der Waals surface area contributed by atoms with Crippen LogP contribution in [0.5, 0.6) is 11.5 Å². The molecule has 0 saturated carbocycles. The summed E-state index contributed by atoms with van der Waals surface area (Å²) in [5.74, 6) is 1.66. The summed E-state index contributed by atoms with van der Waals surface area (Å²) in [6.45, 7) is 6.13. The smallest absolute Gasteiger partial charge is 0.130 e. The van der Waals surface area contributed by atoms with Crippen molar-refractivity contribution in [1.29, 1.82) is 0 Å². The Morgan fingerprint density at radius 3 is 2.43 bits per heavy atom. The van der Waals surface area contributed by atoms with Crippen LogP contribution in [0.1, 0.15) is 30.0 Å². The topological polar surface area (TPSA) is 41.5 Å². The van der Waals surface area contributed by atoms with Crippen LogP contribution in [-0.2, 0) is 13.2 Å². The van der Waals surface area contributed by atoms with Crippen LogP contribution < -0.4 is 10.1 Å². The first kappa shape index (κ1) is 15.5. The Bertz CT molecular complexity index is 564. The number of aliphatic hydroxyl groups is 1. The third-order valence-corrected chi connectivity index (χ3v) is 3.34. The lowest BCUT2D eigenvalue weighted by atomic mass is 10.1. The standard InChI is InChI=1S/C18H23NO2/c1-3-10-19-12-16-5-4-14(2)18(11-16)21-17-8-6-15(13-20)7-9-17/h4-9,11,19-20H,3,10,12-13H2,1-2H3. The fourth-order valence-electron chi connectivity index (χ4n) is 2.06. The fourth-order valence-corrected chi connectivity index (χ4v) is 2.06. The van der Waals surface area contributed by atoms with E-state index in [1.54, 1.807) is 0 Å². The van der Waals surface area contributed by atoms with Crippen molar-refractivity contribution < 1.29 is 9.84 Å². The summed E-state index contributed by atoms with van der Waals surface area (Å²) in [7, 11) is 0. The minimum absolute atomic E-state index is 0.0535. The first-order valence-electron chi connectivity index (χ1n) is 7.41. The van der Waals surface area contributed by atoms with Gasteiger partial charge in [-0.1, -0.05) is 31.2 Å². The third-order valence-electron chi connectivity index (χ3n) is 3.34. The molecule has 0 bridgehead atoms. The first-order valence-corrected chi connectivity index (χ1v) is 7.41. The van der Waals surface area contributed by atoms with E-state index in [0.29, 0.717) is 0 Å². The highest BCUT2D eigenvalue weighted by atomic mass is 16.5. The zero-order chi connectivity index (χ0) is 15.1. The second-order valence-corrected chi connectivity index (χ2v) is 5.18. The molecule has 0 fully saturated rings. The second kappa shape index (κ2) is 7.81. The van der Waals surface area contributed by atoms with E-state index >= 15 is 0 Å². The Morgan fingerprint density at radius 2 is 1.76 bits per heavy atom. The van der Waals surface area contributed by atoms with E-state index in [1.165, 1.54) is 5.56 Å². The van der Waals surface area contributed by atoms with Crippen molar-refractivity contribution in [2.75, 3.05) is 6.54 Å². The number of aryl methyl sites for hydroxylation is 1. The molecule has 112 valence electrons. The monoisotopic (exact) mass is 285 g/mol. The van der Waals surface area contributed by atoms with Gasteiger partial charge >= 0.3 is 0 Å². The Labute approximate surface area is 126 Å². The van der Waals surface area contributed by atoms with Crippen LogP contribution in [0.4, 0.5) is 0 Å². The van der Waals surface area contributed by atoms with Crippen molar-refractivity contribution in [2.45, 2.75) is 33.4 Å².